The van der Waals surface area contributed by atoms with Crippen molar-refractivity contribution in [2.75, 3.05) is 26.6 Å². The third-order valence-electron chi connectivity index (χ3n) is 4.31. The van der Waals surface area contributed by atoms with Crippen LogP contribution >= 0.6 is 0 Å². The van der Waals surface area contributed by atoms with Crippen LogP contribution in [-0.4, -0.2) is 45.1 Å². The van der Waals surface area contributed by atoms with Crippen LogP contribution in [0.4, 0.5) is 5.69 Å². The van der Waals surface area contributed by atoms with Gasteiger partial charge in [0.1, 0.15) is 0 Å². The Morgan fingerprint density at radius 3 is 1.97 bits per heavy atom. The molecule has 2 rings (SSSR count). The molecule has 0 aromatic heterocycles. The molecular weight excluding hydrogens is 390 g/mol. The molecule has 0 saturated heterocycles. The molecule has 1 atom stereocenters. The Morgan fingerprint density at radius 1 is 0.933 bits per heavy atom. The fourth-order valence-corrected chi connectivity index (χ4v) is 2.73. The predicted molar refractivity (Wildman–Crippen MR) is 110 cm³/mol. The minimum Gasteiger partial charge on any atom is -0.493 e. The molecule has 0 bridgehead atoms. The molecule has 0 unspecified atom stereocenters. The number of carbonyl (C=O) groups is 3. The van der Waals surface area contributed by atoms with Gasteiger partial charge in [-0.3, -0.25) is 14.4 Å². The van der Waals surface area contributed by atoms with Gasteiger partial charge < -0.3 is 24.3 Å². The lowest BCUT2D eigenvalue weighted by Gasteiger charge is -2.16. The summed E-state index contributed by atoms with van der Waals surface area (Å²) in [6.07, 6.45) is -1.09. The summed E-state index contributed by atoms with van der Waals surface area (Å²) in [6.45, 7) is 2.94. The largest absolute Gasteiger partial charge is 0.493 e. The van der Waals surface area contributed by atoms with E-state index in [1.165, 1.54) is 35.2 Å². The lowest BCUT2D eigenvalue weighted by atomic mass is 10.1. The van der Waals surface area contributed by atoms with E-state index < -0.39 is 18.0 Å². The topological polar surface area (TPSA) is 100 Å². The third kappa shape index (κ3) is 5.73. The quantitative estimate of drug-likeness (QED) is 0.496. The van der Waals surface area contributed by atoms with Crippen molar-refractivity contribution in [2.24, 2.45) is 0 Å². The van der Waals surface area contributed by atoms with Gasteiger partial charge in [-0.2, -0.15) is 0 Å². The van der Waals surface area contributed by atoms with Crippen molar-refractivity contribution < 1.29 is 33.3 Å². The van der Waals surface area contributed by atoms with Gasteiger partial charge in [0.15, 0.2) is 23.4 Å². The summed E-state index contributed by atoms with van der Waals surface area (Å²) in [5, 5.41) is 2.64. The van der Waals surface area contributed by atoms with Crippen LogP contribution in [-0.2, 0) is 20.7 Å². The second kappa shape index (κ2) is 10.3. The van der Waals surface area contributed by atoms with E-state index in [0.717, 1.165) is 0 Å². The number of hydrogen-bond acceptors (Lipinski definition) is 7. The van der Waals surface area contributed by atoms with E-state index in [2.05, 4.69) is 5.32 Å². The molecule has 0 fully saturated rings. The average Bonchev–Trinajstić information content (AvgIpc) is 2.73. The molecule has 1 amide bonds. The van der Waals surface area contributed by atoms with Gasteiger partial charge in [0.05, 0.1) is 27.8 Å². The number of rotatable bonds is 9. The van der Waals surface area contributed by atoms with Crippen molar-refractivity contribution in [1.82, 2.24) is 0 Å². The number of carbonyl (C=O) groups excluding carboxylic acids is 3. The zero-order valence-corrected chi connectivity index (χ0v) is 17.6. The summed E-state index contributed by atoms with van der Waals surface area (Å²) < 4.78 is 21.0. The van der Waals surface area contributed by atoms with Gasteiger partial charge in [0.2, 0.25) is 5.75 Å². The Balaban J connectivity index is 2.00. The third-order valence-corrected chi connectivity index (χ3v) is 4.31. The highest BCUT2D eigenvalue weighted by Gasteiger charge is 2.20. The minimum absolute atomic E-state index is 0.0676. The Morgan fingerprint density at radius 2 is 1.50 bits per heavy atom. The molecule has 2 aromatic carbocycles. The van der Waals surface area contributed by atoms with Crippen LogP contribution in [0.25, 0.3) is 0 Å². The predicted octanol–water partition coefficient (Wildman–Crippen LogP) is 3.03. The maximum Gasteiger partial charge on any atom is 0.311 e. The second-order valence-corrected chi connectivity index (χ2v) is 6.47. The number of benzene rings is 2. The molecule has 2 aromatic rings. The van der Waals surface area contributed by atoms with Gasteiger partial charge in [0, 0.05) is 11.3 Å². The first-order valence-electron chi connectivity index (χ1n) is 9.19. The lowest BCUT2D eigenvalue weighted by Crippen LogP contribution is -2.30. The van der Waals surface area contributed by atoms with Crippen molar-refractivity contribution in [3.63, 3.8) is 0 Å². The van der Waals surface area contributed by atoms with Gasteiger partial charge in [-0.25, -0.2) is 0 Å². The highest BCUT2D eigenvalue weighted by atomic mass is 16.5. The number of methoxy groups -OCH3 is 3. The standard InChI is InChI=1S/C22H25NO7/c1-13(24)16-6-8-17(9-7-16)23-22(26)14(2)30-20(25)12-15-10-18(27-3)21(29-5)19(11-15)28-4/h6-11,14H,12H2,1-5H3,(H,23,26)/t14-/m1/s1. The fraction of sp³-hybridized carbons (Fsp3) is 0.318. The number of nitrogens with one attached hydrogen (secondary N) is 1. The molecule has 0 aliphatic carbocycles. The normalized spacial score (nSPS) is 11.2. The molecule has 8 heteroatoms. The summed E-state index contributed by atoms with van der Waals surface area (Å²) in [7, 11) is 4.45. The number of hydrogen-bond donors (Lipinski definition) is 1. The highest BCUT2D eigenvalue weighted by Crippen LogP contribution is 2.38. The Bertz CT molecular complexity index is 897. The molecule has 8 nitrogen and oxygen atoms in total. The van der Waals surface area contributed by atoms with Gasteiger partial charge in [-0.05, 0) is 55.8 Å². The summed E-state index contributed by atoms with van der Waals surface area (Å²) in [5.74, 6) is 0.115. The van der Waals surface area contributed by atoms with Gasteiger partial charge in [-0.1, -0.05) is 0 Å². The lowest BCUT2D eigenvalue weighted by molar-refractivity contribution is -0.152. The van der Waals surface area contributed by atoms with E-state index in [1.54, 1.807) is 36.4 Å². The van der Waals surface area contributed by atoms with Gasteiger partial charge in [0.25, 0.3) is 5.91 Å². The van der Waals surface area contributed by atoms with E-state index >= 15 is 0 Å². The van der Waals surface area contributed by atoms with Crippen molar-refractivity contribution in [3.05, 3.63) is 47.5 Å². The molecule has 30 heavy (non-hydrogen) atoms. The van der Waals surface area contributed by atoms with Gasteiger partial charge in [-0.15, -0.1) is 0 Å². The van der Waals surface area contributed by atoms with Crippen molar-refractivity contribution in [1.29, 1.82) is 0 Å². The molecule has 0 aliphatic heterocycles. The fourth-order valence-electron chi connectivity index (χ4n) is 2.73. The molecule has 0 aliphatic rings. The molecule has 1 N–H and O–H groups in total. The smallest absolute Gasteiger partial charge is 0.311 e. The minimum atomic E-state index is -1.01. The maximum absolute atomic E-state index is 12.3. The van der Waals surface area contributed by atoms with E-state index in [1.807, 2.05) is 0 Å². The van der Waals surface area contributed by atoms with Gasteiger partial charge >= 0.3 is 5.97 Å². The maximum atomic E-state index is 12.3. The van der Waals surface area contributed by atoms with Crippen LogP contribution in [0, 0.1) is 0 Å². The van der Waals surface area contributed by atoms with E-state index in [9.17, 15) is 14.4 Å². The van der Waals surface area contributed by atoms with Crippen LogP contribution in [0.5, 0.6) is 17.2 Å². The molecule has 160 valence electrons. The van der Waals surface area contributed by atoms with Crippen LogP contribution in [0.3, 0.4) is 0 Å². The first-order valence-corrected chi connectivity index (χ1v) is 9.19. The molecule has 0 heterocycles. The number of amides is 1. The molecule has 0 radical (unpaired) electrons. The SMILES string of the molecule is COc1cc(CC(=O)O[C@H](C)C(=O)Nc2ccc(C(C)=O)cc2)cc(OC)c1OC. The Hall–Kier alpha value is -3.55. The van der Waals surface area contributed by atoms with E-state index in [0.29, 0.717) is 34.1 Å². The van der Waals surface area contributed by atoms with Crippen molar-refractivity contribution >= 4 is 23.3 Å². The van der Waals surface area contributed by atoms with E-state index in [4.69, 9.17) is 18.9 Å². The molecule has 0 spiro atoms. The summed E-state index contributed by atoms with van der Waals surface area (Å²) in [6, 6.07) is 9.73. The van der Waals surface area contributed by atoms with Crippen molar-refractivity contribution in [2.45, 2.75) is 26.4 Å². The van der Waals surface area contributed by atoms with E-state index in [-0.39, 0.29) is 12.2 Å². The zero-order chi connectivity index (χ0) is 22.3. The number of Topliss-reactive ketones (excluding diaryl/α,β-unsaturated/α-hetero) is 1. The van der Waals surface area contributed by atoms with Crippen LogP contribution in [0.1, 0.15) is 29.8 Å². The Kier molecular flexibility index (Phi) is 7.80. The monoisotopic (exact) mass is 415 g/mol. The zero-order valence-electron chi connectivity index (χ0n) is 17.6. The summed E-state index contributed by atoms with van der Waals surface area (Å²) in [5.41, 5.74) is 1.62. The molecule has 0 saturated carbocycles. The molecular formula is C22H25NO7. The first kappa shape index (κ1) is 22.7. The highest BCUT2D eigenvalue weighted by molar-refractivity contribution is 5.97. The number of ether oxygens (including phenoxy) is 4. The number of esters is 1. The van der Waals surface area contributed by atoms with Crippen LogP contribution in [0.15, 0.2) is 36.4 Å². The first-order chi connectivity index (χ1) is 14.3. The summed E-state index contributed by atoms with van der Waals surface area (Å²) >= 11 is 0. The number of ketones is 1. The van der Waals surface area contributed by atoms with Crippen LogP contribution < -0.4 is 19.5 Å². The van der Waals surface area contributed by atoms with Crippen LogP contribution in [0.2, 0.25) is 0 Å². The Labute approximate surface area is 175 Å². The summed E-state index contributed by atoms with van der Waals surface area (Å²) in [4.78, 5) is 35.9. The van der Waals surface area contributed by atoms with Crippen molar-refractivity contribution in [3.8, 4) is 17.2 Å². The average molecular weight is 415 g/mol. The second-order valence-electron chi connectivity index (χ2n) is 6.47. The number of anilines is 1.